The third kappa shape index (κ3) is 4.74. The van der Waals surface area contributed by atoms with Crippen molar-refractivity contribution in [3.63, 3.8) is 0 Å². The van der Waals surface area contributed by atoms with Crippen molar-refractivity contribution in [3.8, 4) is 0 Å². The number of benzene rings is 4. The van der Waals surface area contributed by atoms with Gasteiger partial charge < -0.3 is 19.9 Å². The number of fused-ring (bicyclic) bond motifs is 20. The van der Waals surface area contributed by atoms with Crippen molar-refractivity contribution in [1.29, 1.82) is 0 Å². The van der Waals surface area contributed by atoms with E-state index in [0.29, 0.717) is 128 Å². The zero-order chi connectivity index (χ0) is 33.2. The molecule has 4 aromatic heterocycles. The molecule has 8 bridgehead atoms. The maximum atomic E-state index is 6.50. The van der Waals surface area contributed by atoms with Gasteiger partial charge >= 0.3 is 0 Å². The molecule has 0 amide bonds. The Bertz CT molecular complexity index is 2610. The molecule has 0 fully saturated rings. The summed E-state index contributed by atoms with van der Waals surface area (Å²) in [6.07, 6.45) is 0. The van der Waals surface area contributed by atoms with Crippen molar-refractivity contribution in [2.75, 3.05) is 0 Å². The highest BCUT2D eigenvalue weighted by molar-refractivity contribution is 6.44. The summed E-state index contributed by atoms with van der Waals surface area (Å²) in [5, 5.41) is 8.12. The maximum Gasteiger partial charge on any atom is 0.142 e. The standard InChI is InChI=1S/C32H12Cl8N8/c33-17-1-9-10(2-18(17)34)26-41-25(9)45-27-11-3-19(35)20(36)4-12(11)29(42-27)47-31-15-7-23(39)24(40)8-16(15)32(44-31)48-30-14-6-22(38)21(37)5-13(14)28(43-30)46-26/h1-8H,(H4,41,42,43,44,45,46,47,48). The topological polar surface area (TPSA) is 113 Å². The van der Waals surface area contributed by atoms with Gasteiger partial charge in [-0.2, -0.15) is 0 Å². The number of hydrogen-bond donors (Lipinski definition) is 4. The predicted octanol–water partition coefficient (Wildman–Crippen LogP) is 11.0. The second-order valence-electron chi connectivity index (χ2n) is 11.0. The van der Waals surface area contributed by atoms with Gasteiger partial charge in [-0.05, 0) is 48.5 Å². The van der Waals surface area contributed by atoms with Crippen LogP contribution in [0.25, 0.3) is 43.1 Å². The molecule has 0 saturated carbocycles. The van der Waals surface area contributed by atoms with Gasteiger partial charge in [-0.25, -0.2) is 20.0 Å². The Hall–Kier alpha value is -3.44. The van der Waals surface area contributed by atoms with E-state index >= 15 is 0 Å². The predicted molar refractivity (Wildman–Crippen MR) is 197 cm³/mol. The van der Waals surface area contributed by atoms with Gasteiger partial charge in [0.05, 0.1) is 40.2 Å². The summed E-state index contributed by atoms with van der Waals surface area (Å²) in [6.45, 7) is 0. The van der Waals surface area contributed by atoms with Crippen LogP contribution >= 0.6 is 92.8 Å². The van der Waals surface area contributed by atoms with Gasteiger partial charge in [-0.3, -0.25) is 0 Å². The van der Waals surface area contributed by atoms with Crippen LogP contribution in [0.15, 0.2) is 68.5 Å². The van der Waals surface area contributed by atoms with Crippen LogP contribution in [0.3, 0.4) is 0 Å². The lowest BCUT2D eigenvalue weighted by atomic mass is 10.2. The van der Waals surface area contributed by atoms with Gasteiger partial charge in [0.15, 0.2) is 0 Å². The summed E-state index contributed by atoms with van der Waals surface area (Å²) in [7, 11) is 0. The average molecular weight is 792 g/mol. The highest BCUT2D eigenvalue weighted by Gasteiger charge is 2.18. The molecule has 0 unspecified atom stereocenters. The van der Waals surface area contributed by atoms with E-state index < -0.39 is 0 Å². The van der Waals surface area contributed by atoms with Crippen LogP contribution in [0, 0.1) is 0 Å². The minimum absolute atomic E-state index is 0.347. The van der Waals surface area contributed by atoms with Crippen LogP contribution in [0.2, 0.25) is 40.2 Å². The van der Waals surface area contributed by atoms with E-state index in [1.54, 1.807) is 48.5 Å². The molecule has 48 heavy (non-hydrogen) atoms. The minimum Gasteiger partial charge on any atom is -0.324 e. The maximum absolute atomic E-state index is 6.50. The van der Waals surface area contributed by atoms with Gasteiger partial charge in [0.1, 0.15) is 45.2 Å². The SMILES string of the molecule is Clc1cc2c3[nH]c(c2cc1Cl)N=c1[nH]c(c2cc(Cl)c(Cl)cc12)=Nc1[nH]c(c2cc(Cl)c(Cl)cc12)N=c1[nH]c(c2cc(Cl)c(Cl)cc12)=N3. The van der Waals surface area contributed by atoms with E-state index in [0.717, 1.165) is 0 Å². The number of aromatic nitrogens is 4. The summed E-state index contributed by atoms with van der Waals surface area (Å²) >= 11 is 52.0. The second-order valence-corrected chi connectivity index (χ2v) is 14.2. The Kier molecular flexibility index (Phi) is 7.04. The van der Waals surface area contributed by atoms with Crippen molar-refractivity contribution in [1.82, 2.24) is 19.9 Å². The van der Waals surface area contributed by atoms with Crippen LogP contribution in [-0.2, 0) is 0 Å². The molecule has 8 aromatic rings. The van der Waals surface area contributed by atoms with Gasteiger partial charge in [0, 0.05) is 43.1 Å². The van der Waals surface area contributed by atoms with Gasteiger partial charge in [-0.1, -0.05) is 92.8 Å². The molecule has 16 heteroatoms. The highest BCUT2D eigenvalue weighted by Crippen LogP contribution is 2.40. The van der Waals surface area contributed by atoms with Crippen molar-refractivity contribution in [2.24, 2.45) is 20.0 Å². The molecule has 9 rings (SSSR count). The lowest BCUT2D eigenvalue weighted by Gasteiger charge is -1.98. The molecule has 0 saturated heterocycles. The fraction of sp³-hybridized carbons (Fsp3) is 0. The molecule has 0 aliphatic carbocycles. The summed E-state index contributed by atoms with van der Waals surface area (Å²) in [5.74, 6) is 1.80. The summed E-state index contributed by atoms with van der Waals surface area (Å²) in [5.41, 5.74) is 1.80. The van der Waals surface area contributed by atoms with Crippen molar-refractivity contribution < 1.29 is 0 Å². The Morgan fingerprint density at radius 2 is 0.458 bits per heavy atom. The zero-order valence-corrected chi connectivity index (χ0v) is 29.5. The zero-order valence-electron chi connectivity index (χ0n) is 23.4. The van der Waals surface area contributed by atoms with Crippen LogP contribution in [0.4, 0.5) is 23.3 Å². The van der Waals surface area contributed by atoms with Crippen LogP contribution in [-0.4, -0.2) is 19.9 Å². The second kappa shape index (κ2) is 11.0. The van der Waals surface area contributed by atoms with E-state index in [4.69, 9.17) is 113 Å². The minimum atomic E-state index is 0.347. The molecule has 5 heterocycles. The first-order valence-corrected chi connectivity index (χ1v) is 16.9. The van der Waals surface area contributed by atoms with Gasteiger partial charge in [0.25, 0.3) is 0 Å². The van der Waals surface area contributed by atoms with Crippen molar-refractivity contribution in [2.45, 2.75) is 0 Å². The Balaban J connectivity index is 1.52. The molecule has 4 aromatic carbocycles. The Labute approximate surface area is 307 Å². The number of hydrogen-bond acceptors (Lipinski definition) is 4. The fourth-order valence-corrected chi connectivity index (χ4v) is 7.20. The van der Waals surface area contributed by atoms with E-state index in [9.17, 15) is 0 Å². The molecule has 0 spiro atoms. The van der Waals surface area contributed by atoms with Crippen LogP contribution in [0.1, 0.15) is 0 Å². The quantitative estimate of drug-likeness (QED) is 0.117. The number of H-pyrrole nitrogens is 4. The molecule has 8 nitrogen and oxygen atoms in total. The van der Waals surface area contributed by atoms with Crippen LogP contribution < -0.4 is 22.0 Å². The molecule has 1 aliphatic heterocycles. The monoisotopic (exact) mass is 788 g/mol. The first-order chi connectivity index (χ1) is 23.0. The molecule has 236 valence electrons. The van der Waals surface area contributed by atoms with Gasteiger partial charge in [0.2, 0.25) is 0 Å². The summed E-state index contributed by atoms with van der Waals surface area (Å²) < 4.78 is 0. The lowest BCUT2D eigenvalue weighted by molar-refractivity contribution is 1.08. The van der Waals surface area contributed by atoms with Crippen LogP contribution in [0.5, 0.6) is 0 Å². The first kappa shape index (κ1) is 30.6. The smallest absolute Gasteiger partial charge is 0.142 e. The largest absolute Gasteiger partial charge is 0.324 e. The third-order valence-electron chi connectivity index (χ3n) is 8.12. The molecule has 0 atom stereocenters. The molecule has 1 aliphatic rings. The van der Waals surface area contributed by atoms with E-state index in [1.165, 1.54) is 0 Å². The Morgan fingerprint density at radius 3 is 0.667 bits per heavy atom. The number of nitrogens with one attached hydrogen (secondary N) is 4. The number of aromatic amines is 4. The summed E-state index contributed by atoms with van der Waals surface area (Å²) in [4.78, 5) is 33.3. The third-order valence-corrected chi connectivity index (χ3v) is 11.0. The van der Waals surface area contributed by atoms with E-state index in [1.807, 2.05) is 0 Å². The molecular formula is C32H12Cl8N8. The normalized spacial score (nSPS) is 12.8. The number of halogens is 8. The van der Waals surface area contributed by atoms with Crippen molar-refractivity contribution in [3.05, 3.63) is 111 Å². The van der Waals surface area contributed by atoms with E-state index in [2.05, 4.69) is 19.9 Å². The number of rotatable bonds is 0. The average Bonchev–Trinajstić information content (AvgIpc) is 3.74. The Morgan fingerprint density at radius 1 is 0.271 bits per heavy atom. The lowest BCUT2D eigenvalue weighted by Crippen LogP contribution is -2.10. The molecule has 0 radical (unpaired) electrons. The van der Waals surface area contributed by atoms with Gasteiger partial charge in [-0.15, -0.1) is 0 Å². The first-order valence-electron chi connectivity index (χ1n) is 13.9. The summed E-state index contributed by atoms with van der Waals surface area (Å²) in [6, 6.07) is 13.8. The van der Waals surface area contributed by atoms with Crippen molar-refractivity contribution >= 4 is 159 Å². The molecular weight excluding hydrogens is 780 g/mol. The number of nitrogens with zero attached hydrogens (tertiary/aromatic N) is 4. The highest BCUT2D eigenvalue weighted by atomic mass is 35.5. The molecule has 4 N–H and O–H groups in total. The fourth-order valence-electron chi connectivity index (χ4n) is 5.89. The van der Waals surface area contributed by atoms with E-state index in [-0.39, 0.29) is 0 Å².